The Morgan fingerprint density at radius 3 is 2.13 bits per heavy atom. The SMILES string of the molecule is O=C(CCN1C(=O)c2ccccc2C1=O)Nc1ccccc1F. The van der Waals surface area contributed by atoms with Gasteiger partial charge in [-0.3, -0.25) is 19.3 Å². The van der Waals surface area contributed by atoms with E-state index in [-0.39, 0.29) is 18.7 Å². The molecule has 3 amide bonds. The second kappa shape index (κ2) is 6.00. The number of carbonyl (C=O) groups excluding carboxylic acids is 3. The summed E-state index contributed by atoms with van der Waals surface area (Å²) >= 11 is 0. The second-order valence-electron chi connectivity index (χ2n) is 5.09. The molecule has 6 heteroatoms. The molecule has 5 nitrogen and oxygen atoms in total. The van der Waals surface area contributed by atoms with E-state index >= 15 is 0 Å². The number of hydrogen-bond acceptors (Lipinski definition) is 3. The number of hydrogen-bond donors (Lipinski definition) is 1. The zero-order chi connectivity index (χ0) is 16.4. The van der Waals surface area contributed by atoms with Crippen molar-refractivity contribution in [3.8, 4) is 0 Å². The van der Waals surface area contributed by atoms with Crippen LogP contribution in [0.4, 0.5) is 10.1 Å². The van der Waals surface area contributed by atoms with Gasteiger partial charge in [0.15, 0.2) is 0 Å². The van der Waals surface area contributed by atoms with E-state index in [2.05, 4.69) is 5.32 Å². The van der Waals surface area contributed by atoms with E-state index in [1.807, 2.05) is 0 Å². The van der Waals surface area contributed by atoms with Crippen LogP contribution < -0.4 is 5.32 Å². The maximum absolute atomic E-state index is 13.5. The minimum atomic E-state index is -0.540. The summed E-state index contributed by atoms with van der Waals surface area (Å²) in [5.41, 5.74) is 0.749. The highest BCUT2D eigenvalue weighted by Crippen LogP contribution is 2.22. The topological polar surface area (TPSA) is 66.5 Å². The van der Waals surface area contributed by atoms with E-state index in [9.17, 15) is 18.8 Å². The first-order valence-electron chi connectivity index (χ1n) is 7.07. The fourth-order valence-corrected chi connectivity index (χ4v) is 2.43. The van der Waals surface area contributed by atoms with Crippen LogP contribution in [-0.4, -0.2) is 29.2 Å². The molecule has 0 saturated carbocycles. The van der Waals surface area contributed by atoms with Crippen molar-refractivity contribution < 1.29 is 18.8 Å². The van der Waals surface area contributed by atoms with Gasteiger partial charge >= 0.3 is 0 Å². The van der Waals surface area contributed by atoms with Gasteiger partial charge in [-0.15, -0.1) is 0 Å². The van der Waals surface area contributed by atoms with Crippen LogP contribution in [0.2, 0.25) is 0 Å². The number of fused-ring (bicyclic) bond motifs is 1. The van der Waals surface area contributed by atoms with Gasteiger partial charge in [-0.2, -0.15) is 0 Å². The Kier molecular flexibility index (Phi) is 3.89. The molecule has 1 aliphatic heterocycles. The molecular weight excluding hydrogens is 299 g/mol. The molecule has 116 valence electrons. The van der Waals surface area contributed by atoms with Gasteiger partial charge in [-0.05, 0) is 24.3 Å². The number of imide groups is 1. The van der Waals surface area contributed by atoms with Crippen molar-refractivity contribution in [1.29, 1.82) is 0 Å². The Labute approximate surface area is 131 Å². The highest BCUT2D eigenvalue weighted by atomic mass is 19.1. The van der Waals surface area contributed by atoms with Gasteiger partial charge < -0.3 is 5.32 Å². The van der Waals surface area contributed by atoms with Gasteiger partial charge in [-0.25, -0.2) is 4.39 Å². The molecule has 0 aromatic heterocycles. The molecule has 1 N–H and O–H groups in total. The molecule has 0 saturated heterocycles. The molecule has 2 aromatic carbocycles. The van der Waals surface area contributed by atoms with E-state index in [4.69, 9.17) is 0 Å². The Hall–Kier alpha value is -3.02. The lowest BCUT2D eigenvalue weighted by molar-refractivity contribution is -0.116. The van der Waals surface area contributed by atoms with Crippen molar-refractivity contribution in [1.82, 2.24) is 4.90 Å². The van der Waals surface area contributed by atoms with Crippen LogP contribution in [0.1, 0.15) is 27.1 Å². The molecule has 0 bridgehead atoms. The number of benzene rings is 2. The predicted octanol–water partition coefficient (Wildman–Crippen LogP) is 2.45. The van der Waals surface area contributed by atoms with Gasteiger partial charge in [0.1, 0.15) is 5.82 Å². The third-order valence-corrected chi connectivity index (χ3v) is 3.59. The Morgan fingerprint density at radius 1 is 0.957 bits per heavy atom. The number of nitrogens with zero attached hydrogens (tertiary/aromatic N) is 1. The molecule has 0 unspecified atom stereocenters. The third kappa shape index (κ3) is 2.83. The monoisotopic (exact) mass is 312 g/mol. The van der Waals surface area contributed by atoms with Gasteiger partial charge in [-0.1, -0.05) is 24.3 Å². The largest absolute Gasteiger partial charge is 0.324 e. The molecule has 2 aromatic rings. The molecule has 1 aliphatic rings. The number of carbonyl (C=O) groups is 3. The first-order chi connectivity index (χ1) is 11.1. The maximum Gasteiger partial charge on any atom is 0.261 e. The minimum absolute atomic E-state index is 0.0490. The van der Waals surface area contributed by atoms with Crippen LogP contribution in [0, 0.1) is 5.82 Å². The average Bonchev–Trinajstić information content (AvgIpc) is 2.80. The summed E-state index contributed by atoms with van der Waals surface area (Å²) in [6.07, 6.45) is -0.0974. The molecular formula is C17H13FN2O3. The summed E-state index contributed by atoms with van der Waals surface area (Å²) in [7, 11) is 0. The average molecular weight is 312 g/mol. The summed E-state index contributed by atoms with van der Waals surface area (Å²) in [6.45, 7) is -0.0490. The van der Waals surface area contributed by atoms with Crippen molar-refractivity contribution in [2.45, 2.75) is 6.42 Å². The van der Waals surface area contributed by atoms with Crippen molar-refractivity contribution >= 4 is 23.4 Å². The molecule has 23 heavy (non-hydrogen) atoms. The molecule has 0 atom stereocenters. The molecule has 0 radical (unpaired) electrons. The van der Waals surface area contributed by atoms with Crippen LogP contribution in [0.3, 0.4) is 0 Å². The number of halogens is 1. The van der Waals surface area contributed by atoms with Crippen molar-refractivity contribution in [2.75, 3.05) is 11.9 Å². The standard InChI is InChI=1S/C17H13FN2O3/c18-13-7-3-4-8-14(13)19-15(21)9-10-20-16(22)11-5-1-2-6-12(11)17(20)23/h1-8H,9-10H2,(H,19,21). The Bertz CT molecular complexity index is 769. The van der Waals surface area contributed by atoms with E-state index in [0.29, 0.717) is 11.1 Å². The number of rotatable bonds is 4. The van der Waals surface area contributed by atoms with Crippen molar-refractivity contribution in [3.63, 3.8) is 0 Å². The zero-order valence-electron chi connectivity index (χ0n) is 12.1. The van der Waals surface area contributed by atoms with Gasteiger partial charge in [0.25, 0.3) is 11.8 Å². The normalized spacial score (nSPS) is 13.2. The molecule has 1 heterocycles. The van der Waals surface area contributed by atoms with Gasteiger partial charge in [0.05, 0.1) is 16.8 Å². The summed E-state index contributed by atoms with van der Waals surface area (Å²) in [6, 6.07) is 12.3. The summed E-state index contributed by atoms with van der Waals surface area (Å²) in [5, 5.41) is 2.42. The minimum Gasteiger partial charge on any atom is -0.324 e. The van der Waals surface area contributed by atoms with E-state index in [1.54, 1.807) is 30.3 Å². The molecule has 0 aliphatic carbocycles. The number of nitrogens with one attached hydrogen (secondary N) is 1. The first kappa shape index (κ1) is 14.9. The van der Waals surface area contributed by atoms with Crippen LogP contribution in [-0.2, 0) is 4.79 Å². The second-order valence-corrected chi connectivity index (χ2v) is 5.09. The zero-order valence-corrected chi connectivity index (χ0v) is 12.1. The predicted molar refractivity (Wildman–Crippen MR) is 81.5 cm³/mol. The first-order valence-corrected chi connectivity index (χ1v) is 7.07. The third-order valence-electron chi connectivity index (χ3n) is 3.59. The highest BCUT2D eigenvalue weighted by molar-refractivity contribution is 6.21. The molecule has 0 spiro atoms. The molecule has 0 fully saturated rings. The summed E-state index contributed by atoms with van der Waals surface area (Å²) in [5.74, 6) is -1.83. The highest BCUT2D eigenvalue weighted by Gasteiger charge is 2.34. The smallest absolute Gasteiger partial charge is 0.261 e. The van der Waals surface area contributed by atoms with Crippen molar-refractivity contribution in [3.05, 3.63) is 65.5 Å². The number of amides is 3. The van der Waals surface area contributed by atoms with Crippen LogP contribution >= 0.6 is 0 Å². The maximum atomic E-state index is 13.5. The fraction of sp³-hybridized carbons (Fsp3) is 0.118. The summed E-state index contributed by atoms with van der Waals surface area (Å²) in [4.78, 5) is 37.2. The number of para-hydroxylation sites is 1. The van der Waals surface area contributed by atoms with Crippen LogP contribution in [0.25, 0.3) is 0 Å². The van der Waals surface area contributed by atoms with Gasteiger partial charge in [0, 0.05) is 13.0 Å². The lowest BCUT2D eigenvalue weighted by Crippen LogP contribution is -2.32. The van der Waals surface area contributed by atoms with Crippen LogP contribution in [0.15, 0.2) is 48.5 Å². The molecule has 3 rings (SSSR count). The van der Waals surface area contributed by atoms with Gasteiger partial charge in [0.2, 0.25) is 5.91 Å². The van der Waals surface area contributed by atoms with Crippen LogP contribution in [0.5, 0.6) is 0 Å². The van der Waals surface area contributed by atoms with E-state index in [1.165, 1.54) is 18.2 Å². The van der Waals surface area contributed by atoms with Crippen molar-refractivity contribution in [2.24, 2.45) is 0 Å². The lowest BCUT2D eigenvalue weighted by atomic mass is 10.1. The van der Waals surface area contributed by atoms with E-state index in [0.717, 1.165) is 4.90 Å². The number of anilines is 1. The Balaban J connectivity index is 1.63. The lowest BCUT2D eigenvalue weighted by Gasteiger charge is -2.13. The quantitative estimate of drug-likeness (QED) is 0.882. The fourth-order valence-electron chi connectivity index (χ4n) is 2.43. The summed E-state index contributed by atoms with van der Waals surface area (Å²) < 4.78 is 13.5. The Morgan fingerprint density at radius 2 is 1.52 bits per heavy atom. The van der Waals surface area contributed by atoms with E-state index < -0.39 is 23.5 Å².